The minimum absolute atomic E-state index is 0.0112. The molecule has 0 bridgehead atoms. The minimum Gasteiger partial charge on any atom is -0.496 e. The smallest absolute Gasteiger partial charge is 0.133 e. The van der Waals surface area contributed by atoms with Crippen LogP contribution >= 0.6 is 15.9 Å². The maximum atomic E-state index is 5.65. The van der Waals surface area contributed by atoms with Crippen LogP contribution in [-0.4, -0.2) is 12.1 Å². The van der Waals surface area contributed by atoms with E-state index in [0.29, 0.717) is 0 Å². The summed E-state index contributed by atoms with van der Waals surface area (Å²) in [6, 6.07) is 11.8. The fraction of sp³-hybridized carbons (Fsp3) is 0.214. The molecule has 1 heterocycles. The van der Waals surface area contributed by atoms with Crippen LogP contribution in [0.25, 0.3) is 0 Å². The molecule has 5 heteroatoms. The van der Waals surface area contributed by atoms with Crippen LogP contribution in [0.15, 0.2) is 47.1 Å². The molecular weight excluding hydrogens is 306 g/mol. The number of aromatic nitrogens is 1. The summed E-state index contributed by atoms with van der Waals surface area (Å²) >= 11 is 3.48. The van der Waals surface area contributed by atoms with Crippen molar-refractivity contribution in [2.45, 2.75) is 12.5 Å². The summed E-state index contributed by atoms with van der Waals surface area (Å²) in [7, 11) is 1.65. The van der Waals surface area contributed by atoms with Gasteiger partial charge in [0.05, 0.1) is 17.6 Å². The van der Waals surface area contributed by atoms with Crippen LogP contribution in [0.2, 0.25) is 0 Å². The molecule has 2 aromatic rings. The van der Waals surface area contributed by atoms with Gasteiger partial charge in [-0.05, 0) is 45.8 Å². The summed E-state index contributed by atoms with van der Waals surface area (Å²) in [5, 5.41) is 0. The quantitative estimate of drug-likeness (QED) is 0.656. The number of hydrogen-bond acceptors (Lipinski definition) is 4. The number of halogens is 1. The van der Waals surface area contributed by atoms with Crippen LogP contribution in [0.3, 0.4) is 0 Å². The average Bonchev–Trinajstić information content (AvgIpc) is 2.46. The lowest BCUT2D eigenvalue weighted by atomic mass is 10.0. The van der Waals surface area contributed by atoms with Gasteiger partial charge in [0, 0.05) is 18.3 Å². The zero-order valence-corrected chi connectivity index (χ0v) is 12.2. The maximum absolute atomic E-state index is 5.65. The number of nitrogens with two attached hydrogens (primary N) is 1. The Labute approximate surface area is 121 Å². The first kappa shape index (κ1) is 14.0. The van der Waals surface area contributed by atoms with Gasteiger partial charge >= 0.3 is 0 Å². The van der Waals surface area contributed by atoms with Crippen molar-refractivity contribution in [1.82, 2.24) is 10.4 Å². The highest BCUT2D eigenvalue weighted by Crippen LogP contribution is 2.28. The van der Waals surface area contributed by atoms with Crippen LogP contribution in [0.1, 0.15) is 17.3 Å². The van der Waals surface area contributed by atoms with Gasteiger partial charge in [0.1, 0.15) is 5.75 Å². The molecule has 0 radical (unpaired) electrons. The van der Waals surface area contributed by atoms with Crippen LogP contribution in [0.5, 0.6) is 5.75 Å². The van der Waals surface area contributed by atoms with Crippen molar-refractivity contribution in [2.75, 3.05) is 7.11 Å². The van der Waals surface area contributed by atoms with E-state index in [-0.39, 0.29) is 6.04 Å². The second-order valence-corrected chi connectivity index (χ2v) is 4.99. The summed E-state index contributed by atoms with van der Waals surface area (Å²) < 4.78 is 6.13. The van der Waals surface area contributed by atoms with Crippen molar-refractivity contribution in [2.24, 2.45) is 5.84 Å². The van der Waals surface area contributed by atoms with E-state index < -0.39 is 0 Å². The van der Waals surface area contributed by atoms with Gasteiger partial charge in [-0.1, -0.05) is 12.1 Å². The molecule has 1 unspecified atom stereocenters. The molecule has 4 nitrogen and oxygen atoms in total. The minimum atomic E-state index is 0.0112. The van der Waals surface area contributed by atoms with Gasteiger partial charge in [0.15, 0.2) is 0 Å². The van der Waals surface area contributed by atoms with Gasteiger partial charge in [-0.3, -0.25) is 16.3 Å². The Morgan fingerprint density at radius 3 is 2.79 bits per heavy atom. The van der Waals surface area contributed by atoms with Crippen molar-refractivity contribution in [3.05, 3.63) is 58.3 Å². The van der Waals surface area contributed by atoms with Crippen molar-refractivity contribution >= 4 is 15.9 Å². The molecule has 0 amide bonds. The molecule has 0 aliphatic rings. The van der Waals surface area contributed by atoms with Gasteiger partial charge in [-0.2, -0.15) is 0 Å². The third kappa shape index (κ3) is 3.53. The first-order valence-electron chi connectivity index (χ1n) is 5.94. The molecule has 0 fully saturated rings. The third-order valence-corrected chi connectivity index (χ3v) is 3.54. The molecule has 1 atom stereocenters. The molecular formula is C14H16BrN3O. The first-order valence-corrected chi connectivity index (χ1v) is 6.73. The number of nitrogens with zero attached hydrogens (tertiary/aromatic N) is 1. The van der Waals surface area contributed by atoms with E-state index in [1.165, 1.54) is 0 Å². The lowest BCUT2D eigenvalue weighted by Crippen LogP contribution is -2.29. The Kier molecular flexibility index (Phi) is 4.90. The zero-order valence-electron chi connectivity index (χ0n) is 10.6. The summed E-state index contributed by atoms with van der Waals surface area (Å²) in [4.78, 5) is 4.32. The molecule has 100 valence electrons. The molecule has 19 heavy (non-hydrogen) atoms. The second-order valence-electron chi connectivity index (χ2n) is 4.14. The number of hydrogen-bond donors (Lipinski definition) is 2. The summed E-state index contributed by atoms with van der Waals surface area (Å²) in [6.07, 6.45) is 2.52. The van der Waals surface area contributed by atoms with Crippen LogP contribution < -0.4 is 16.0 Å². The predicted molar refractivity (Wildman–Crippen MR) is 78.7 cm³/mol. The fourth-order valence-electron chi connectivity index (χ4n) is 1.90. The zero-order chi connectivity index (χ0) is 13.7. The van der Waals surface area contributed by atoms with Crippen LogP contribution in [0, 0.1) is 0 Å². The number of hydrazine groups is 1. The molecule has 0 spiro atoms. The molecule has 3 N–H and O–H groups in total. The van der Waals surface area contributed by atoms with E-state index in [1.807, 2.05) is 36.4 Å². The van der Waals surface area contributed by atoms with E-state index >= 15 is 0 Å². The molecule has 1 aromatic carbocycles. The normalized spacial score (nSPS) is 12.2. The van der Waals surface area contributed by atoms with Gasteiger partial charge in [0.2, 0.25) is 0 Å². The average molecular weight is 322 g/mol. The molecule has 0 saturated carbocycles. The third-order valence-electron chi connectivity index (χ3n) is 2.92. The Morgan fingerprint density at radius 1 is 1.37 bits per heavy atom. The lowest BCUT2D eigenvalue weighted by molar-refractivity contribution is 0.411. The number of benzene rings is 1. The Hall–Kier alpha value is -1.43. The molecule has 0 aliphatic heterocycles. The molecule has 0 saturated heterocycles. The van der Waals surface area contributed by atoms with Gasteiger partial charge < -0.3 is 4.74 Å². The Balaban J connectivity index is 2.20. The highest BCUT2D eigenvalue weighted by atomic mass is 79.9. The standard InChI is InChI=1S/C14H16BrN3O/c1-19-14-6-5-10(8-12(14)15)13(18-16)9-11-4-2-3-7-17-11/h2-8,13,18H,9,16H2,1H3. The summed E-state index contributed by atoms with van der Waals surface area (Å²) in [5.74, 6) is 6.45. The van der Waals surface area contributed by atoms with Crippen molar-refractivity contribution in [1.29, 1.82) is 0 Å². The second kappa shape index (κ2) is 6.65. The number of rotatable bonds is 5. The van der Waals surface area contributed by atoms with Gasteiger partial charge in [-0.25, -0.2) is 0 Å². The van der Waals surface area contributed by atoms with Crippen molar-refractivity contribution in [3.63, 3.8) is 0 Å². The number of methoxy groups -OCH3 is 1. The fourth-order valence-corrected chi connectivity index (χ4v) is 2.46. The summed E-state index contributed by atoms with van der Waals surface area (Å²) in [6.45, 7) is 0. The van der Waals surface area contributed by atoms with Crippen LogP contribution in [0.4, 0.5) is 0 Å². The van der Waals surface area contributed by atoms with Crippen molar-refractivity contribution in [3.8, 4) is 5.75 Å². The van der Waals surface area contributed by atoms with E-state index in [4.69, 9.17) is 10.6 Å². The monoisotopic (exact) mass is 321 g/mol. The van der Waals surface area contributed by atoms with E-state index in [9.17, 15) is 0 Å². The van der Waals surface area contributed by atoms with E-state index in [0.717, 1.165) is 27.9 Å². The SMILES string of the molecule is COc1ccc(C(Cc2ccccn2)NN)cc1Br. The molecule has 1 aromatic heterocycles. The van der Waals surface area contributed by atoms with E-state index in [1.54, 1.807) is 13.3 Å². The topological polar surface area (TPSA) is 60.2 Å². The van der Waals surface area contributed by atoms with Crippen LogP contribution in [-0.2, 0) is 6.42 Å². The highest BCUT2D eigenvalue weighted by Gasteiger charge is 2.13. The number of nitrogens with one attached hydrogen (secondary N) is 1. The lowest BCUT2D eigenvalue weighted by Gasteiger charge is -2.17. The Bertz CT molecular complexity index is 533. The van der Waals surface area contributed by atoms with Crippen molar-refractivity contribution < 1.29 is 4.74 Å². The maximum Gasteiger partial charge on any atom is 0.133 e. The first-order chi connectivity index (χ1) is 9.24. The number of ether oxygens (including phenoxy) is 1. The van der Waals surface area contributed by atoms with Gasteiger partial charge in [-0.15, -0.1) is 0 Å². The highest BCUT2D eigenvalue weighted by molar-refractivity contribution is 9.10. The van der Waals surface area contributed by atoms with Gasteiger partial charge in [0.25, 0.3) is 0 Å². The predicted octanol–water partition coefficient (Wildman–Crippen LogP) is 2.60. The Morgan fingerprint density at radius 2 is 2.21 bits per heavy atom. The molecule has 2 rings (SSSR count). The largest absolute Gasteiger partial charge is 0.496 e. The summed E-state index contributed by atoms with van der Waals surface area (Å²) in [5.41, 5.74) is 4.91. The number of pyridine rings is 1. The molecule has 0 aliphatic carbocycles. The van der Waals surface area contributed by atoms with E-state index in [2.05, 4.69) is 26.3 Å².